The van der Waals surface area contributed by atoms with E-state index in [1.165, 1.54) is 5.52 Å². The Bertz CT molecular complexity index is 853. The van der Waals surface area contributed by atoms with Gasteiger partial charge in [0.05, 0.1) is 0 Å². The van der Waals surface area contributed by atoms with E-state index in [1.54, 1.807) is 12.1 Å². The van der Waals surface area contributed by atoms with E-state index >= 15 is 0 Å². The van der Waals surface area contributed by atoms with Crippen LogP contribution in [0.4, 0.5) is 5.69 Å². The number of carbonyl (C=O) groups excluding carboxylic acids is 1. The Labute approximate surface area is 154 Å². The molecule has 0 spiro atoms. The average Bonchev–Trinajstić information content (AvgIpc) is 2.96. The minimum Gasteiger partial charge on any atom is -0.347 e. The van der Waals surface area contributed by atoms with E-state index in [0.717, 1.165) is 23.2 Å². The number of nitrogens with zero attached hydrogens (tertiary/aromatic N) is 1. The van der Waals surface area contributed by atoms with E-state index in [9.17, 15) is 4.79 Å². The Balaban J connectivity index is 0.00000225. The van der Waals surface area contributed by atoms with Crippen LogP contribution < -0.4 is 11.1 Å². The summed E-state index contributed by atoms with van der Waals surface area (Å²) in [5.41, 5.74) is 9.22. The zero-order chi connectivity index (χ0) is 17.1. The Morgan fingerprint density at radius 2 is 1.84 bits per heavy atom. The molecule has 0 radical (unpaired) electrons. The van der Waals surface area contributed by atoms with Crippen molar-refractivity contribution in [2.45, 2.75) is 26.9 Å². The van der Waals surface area contributed by atoms with Gasteiger partial charge in [0.1, 0.15) is 0 Å². The predicted molar refractivity (Wildman–Crippen MR) is 106 cm³/mol. The topological polar surface area (TPSA) is 60.0 Å². The number of fused-ring (bicyclic) bond motifs is 1. The van der Waals surface area contributed by atoms with Crippen LogP contribution >= 0.6 is 12.4 Å². The number of hydrogen-bond acceptors (Lipinski definition) is 2. The fourth-order valence-electron chi connectivity index (χ4n) is 2.83. The number of nitrogens with two attached hydrogens (primary N) is 1. The van der Waals surface area contributed by atoms with Gasteiger partial charge < -0.3 is 15.6 Å². The van der Waals surface area contributed by atoms with Crippen molar-refractivity contribution in [3.05, 3.63) is 65.9 Å². The molecule has 0 unspecified atom stereocenters. The molecule has 132 valence electrons. The maximum atomic E-state index is 12.4. The van der Waals surface area contributed by atoms with Gasteiger partial charge >= 0.3 is 0 Å². The molecular weight excluding hydrogens is 334 g/mol. The lowest BCUT2D eigenvalue weighted by molar-refractivity contribution is 0.102. The van der Waals surface area contributed by atoms with E-state index < -0.39 is 0 Å². The van der Waals surface area contributed by atoms with Gasteiger partial charge in [0, 0.05) is 41.4 Å². The summed E-state index contributed by atoms with van der Waals surface area (Å²) in [6.07, 6.45) is 2.10. The highest BCUT2D eigenvalue weighted by Gasteiger charge is 2.08. The molecule has 4 nitrogen and oxygen atoms in total. The van der Waals surface area contributed by atoms with Crippen LogP contribution in [0.3, 0.4) is 0 Å². The number of aromatic nitrogens is 1. The molecule has 3 rings (SSSR count). The smallest absolute Gasteiger partial charge is 0.255 e. The van der Waals surface area contributed by atoms with Gasteiger partial charge in [-0.2, -0.15) is 0 Å². The first-order chi connectivity index (χ1) is 11.6. The SMILES string of the molecule is CC(C)Cn1ccc2cc(NC(=O)c3ccc(CN)cc3)ccc21.Cl. The quantitative estimate of drug-likeness (QED) is 0.709. The lowest BCUT2D eigenvalue weighted by Crippen LogP contribution is -2.12. The van der Waals surface area contributed by atoms with Gasteiger partial charge in [-0.15, -0.1) is 12.4 Å². The minimum absolute atomic E-state index is 0. The number of nitrogens with one attached hydrogen (secondary N) is 1. The first kappa shape index (κ1) is 19.0. The summed E-state index contributed by atoms with van der Waals surface area (Å²) in [7, 11) is 0. The second kappa shape index (κ2) is 8.19. The van der Waals surface area contributed by atoms with Gasteiger partial charge in [-0.3, -0.25) is 4.79 Å². The molecule has 0 saturated carbocycles. The maximum absolute atomic E-state index is 12.4. The van der Waals surface area contributed by atoms with Gasteiger partial charge in [0.15, 0.2) is 0 Å². The van der Waals surface area contributed by atoms with Crippen molar-refractivity contribution in [1.29, 1.82) is 0 Å². The number of amides is 1. The summed E-state index contributed by atoms with van der Waals surface area (Å²) in [4.78, 5) is 12.4. The molecule has 3 aromatic rings. The standard InChI is InChI=1S/C20H23N3O.ClH/c1-14(2)13-23-10-9-17-11-18(7-8-19(17)23)22-20(24)16-5-3-15(12-21)4-6-16;/h3-11,14H,12-13,21H2,1-2H3,(H,22,24);1H. The average molecular weight is 358 g/mol. The summed E-state index contributed by atoms with van der Waals surface area (Å²) >= 11 is 0. The summed E-state index contributed by atoms with van der Waals surface area (Å²) in [5.74, 6) is 0.482. The zero-order valence-electron chi connectivity index (χ0n) is 14.5. The maximum Gasteiger partial charge on any atom is 0.255 e. The number of rotatable bonds is 5. The highest BCUT2D eigenvalue weighted by molar-refractivity contribution is 6.05. The predicted octanol–water partition coefficient (Wildman–Crippen LogP) is 4.43. The number of halogens is 1. The molecule has 1 aromatic heterocycles. The van der Waals surface area contributed by atoms with E-state index in [2.05, 4.69) is 42.1 Å². The van der Waals surface area contributed by atoms with Crippen molar-refractivity contribution >= 4 is 34.9 Å². The molecule has 0 bridgehead atoms. The first-order valence-corrected chi connectivity index (χ1v) is 8.26. The van der Waals surface area contributed by atoms with E-state index in [-0.39, 0.29) is 18.3 Å². The van der Waals surface area contributed by atoms with Crippen LogP contribution in [0.15, 0.2) is 54.7 Å². The third kappa shape index (κ3) is 4.41. The Morgan fingerprint density at radius 1 is 1.12 bits per heavy atom. The fraction of sp³-hybridized carbons (Fsp3) is 0.250. The van der Waals surface area contributed by atoms with Crippen LogP contribution in [0.5, 0.6) is 0 Å². The molecule has 0 fully saturated rings. The third-order valence-corrected chi connectivity index (χ3v) is 4.04. The van der Waals surface area contributed by atoms with Crippen LogP contribution in [0.2, 0.25) is 0 Å². The number of hydrogen-bond donors (Lipinski definition) is 2. The summed E-state index contributed by atoms with van der Waals surface area (Å²) in [6, 6.07) is 15.5. The van der Waals surface area contributed by atoms with Crippen molar-refractivity contribution in [3.63, 3.8) is 0 Å². The van der Waals surface area contributed by atoms with E-state index in [4.69, 9.17) is 5.73 Å². The molecule has 25 heavy (non-hydrogen) atoms. The number of anilines is 1. The summed E-state index contributed by atoms with van der Waals surface area (Å²) in [5, 5.41) is 4.09. The lowest BCUT2D eigenvalue weighted by Gasteiger charge is -2.09. The van der Waals surface area contributed by atoms with Crippen molar-refractivity contribution < 1.29 is 4.79 Å². The number of carbonyl (C=O) groups is 1. The molecule has 2 aromatic carbocycles. The van der Waals surface area contributed by atoms with Gasteiger partial charge in [-0.25, -0.2) is 0 Å². The van der Waals surface area contributed by atoms with Crippen LogP contribution in [0.25, 0.3) is 10.9 Å². The van der Waals surface area contributed by atoms with Gasteiger partial charge in [-0.1, -0.05) is 26.0 Å². The largest absolute Gasteiger partial charge is 0.347 e. The summed E-state index contributed by atoms with van der Waals surface area (Å²) < 4.78 is 2.25. The van der Waals surface area contributed by atoms with Crippen LogP contribution in [-0.2, 0) is 13.1 Å². The van der Waals surface area contributed by atoms with Crippen LogP contribution in [0.1, 0.15) is 29.8 Å². The molecule has 0 atom stereocenters. The van der Waals surface area contributed by atoms with Gasteiger partial charge in [0.2, 0.25) is 0 Å². The fourth-order valence-corrected chi connectivity index (χ4v) is 2.83. The second-order valence-corrected chi connectivity index (χ2v) is 6.49. The van der Waals surface area contributed by atoms with Crippen LogP contribution in [0, 0.1) is 5.92 Å². The van der Waals surface area contributed by atoms with Gasteiger partial charge in [-0.05, 0) is 47.9 Å². The molecule has 0 aliphatic carbocycles. The summed E-state index contributed by atoms with van der Waals surface area (Å²) in [6.45, 7) is 5.88. The van der Waals surface area contributed by atoms with E-state index in [0.29, 0.717) is 18.0 Å². The third-order valence-electron chi connectivity index (χ3n) is 4.04. The van der Waals surface area contributed by atoms with E-state index in [1.807, 2.05) is 24.3 Å². The Morgan fingerprint density at radius 3 is 2.48 bits per heavy atom. The van der Waals surface area contributed by atoms with Crippen molar-refractivity contribution in [2.24, 2.45) is 11.7 Å². The first-order valence-electron chi connectivity index (χ1n) is 8.26. The molecule has 3 N–H and O–H groups in total. The molecule has 1 amide bonds. The molecular formula is C20H24ClN3O. The zero-order valence-corrected chi connectivity index (χ0v) is 15.3. The minimum atomic E-state index is -0.112. The monoisotopic (exact) mass is 357 g/mol. The molecule has 5 heteroatoms. The number of benzene rings is 2. The van der Waals surface area contributed by atoms with Crippen molar-refractivity contribution in [2.75, 3.05) is 5.32 Å². The van der Waals surface area contributed by atoms with Crippen LogP contribution in [-0.4, -0.2) is 10.5 Å². The van der Waals surface area contributed by atoms with Crippen molar-refractivity contribution in [1.82, 2.24) is 4.57 Å². The second-order valence-electron chi connectivity index (χ2n) is 6.49. The highest BCUT2D eigenvalue weighted by atomic mass is 35.5. The molecule has 0 aliphatic heterocycles. The van der Waals surface area contributed by atoms with Crippen molar-refractivity contribution in [3.8, 4) is 0 Å². The Hall–Kier alpha value is -2.30. The van der Waals surface area contributed by atoms with Gasteiger partial charge in [0.25, 0.3) is 5.91 Å². The molecule has 0 saturated heterocycles. The normalized spacial score (nSPS) is 10.7. The Kier molecular flexibility index (Phi) is 6.23. The highest BCUT2D eigenvalue weighted by Crippen LogP contribution is 2.22. The lowest BCUT2D eigenvalue weighted by atomic mass is 10.1. The molecule has 1 heterocycles. The molecule has 0 aliphatic rings.